The highest BCUT2D eigenvalue weighted by atomic mass is 32.1. The average molecular weight is 321 g/mol. The summed E-state index contributed by atoms with van der Waals surface area (Å²) in [6.45, 7) is 4.73. The van der Waals surface area contributed by atoms with Crippen molar-refractivity contribution in [3.8, 4) is 0 Å². The van der Waals surface area contributed by atoms with Crippen LogP contribution in [0.3, 0.4) is 0 Å². The van der Waals surface area contributed by atoms with Crippen molar-refractivity contribution in [3.05, 3.63) is 16.0 Å². The van der Waals surface area contributed by atoms with Crippen molar-refractivity contribution in [1.82, 2.24) is 5.32 Å². The first kappa shape index (κ1) is 14.0. The van der Waals surface area contributed by atoms with Crippen LogP contribution < -0.4 is 10.6 Å². The Morgan fingerprint density at radius 2 is 2.05 bits per heavy atom. The van der Waals surface area contributed by atoms with Crippen LogP contribution in [0.25, 0.3) is 0 Å². The molecule has 114 valence electrons. The van der Waals surface area contributed by atoms with E-state index in [1.54, 1.807) is 4.88 Å². The van der Waals surface area contributed by atoms with E-state index in [1.165, 1.54) is 61.1 Å². The molecule has 4 rings (SSSR count). The number of thiocarbonyl (C=S) groups is 1. The number of aryl methyl sites for hydroxylation is 1. The molecule has 1 fully saturated rings. The van der Waals surface area contributed by atoms with Crippen molar-refractivity contribution in [2.24, 2.45) is 11.8 Å². The zero-order chi connectivity index (χ0) is 14.6. The maximum Gasteiger partial charge on any atom is 0.111 e. The number of rotatable bonds is 0. The lowest BCUT2D eigenvalue weighted by molar-refractivity contribution is 0.241. The van der Waals surface area contributed by atoms with Crippen LogP contribution in [0.15, 0.2) is 0 Å². The zero-order valence-corrected chi connectivity index (χ0v) is 14.6. The molecule has 3 atom stereocenters. The summed E-state index contributed by atoms with van der Waals surface area (Å²) < 4.78 is 0. The fourth-order valence-corrected chi connectivity index (χ4v) is 6.23. The van der Waals surface area contributed by atoms with Gasteiger partial charge in [-0.2, -0.15) is 0 Å². The van der Waals surface area contributed by atoms with Gasteiger partial charge >= 0.3 is 0 Å². The number of hydrogen-bond donors (Lipinski definition) is 2. The molecule has 2 nitrogen and oxygen atoms in total. The van der Waals surface area contributed by atoms with Crippen molar-refractivity contribution < 1.29 is 0 Å². The first-order valence-electron chi connectivity index (χ1n) is 8.31. The Kier molecular flexibility index (Phi) is 3.30. The molecule has 2 heterocycles. The van der Waals surface area contributed by atoms with Gasteiger partial charge < -0.3 is 10.6 Å². The highest BCUT2D eigenvalue weighted by Gasteiger charge is 2.41. The van der Waals surface area contributed by atoms with Gasteiger partial charge in [0.05, 0.1) is 0 Å². The summed E-state index contributed by atoms with van der Waals surface area (Å²) >= 11 is 7.76. The normalized spacial score (nSPS) is 34.9. The van der Waals surface area contributed by atoms with Gasteiger partial charge in [0, 0.05) is 10.4 Å². The molecule has 3 unspecified atom stereocenters. The Labute approximate surface area is 136 Å². The Balaban J connectivity index is 1.71. The molecule has 0 amide bonds. The van der Waals surface area contributed by atoms with Gasteiger partial charge in [-0.25, -0.2) is 0 Å². The molecule has 2 aliphatic carbocycles. The van der Waals surface area contributed by atoms with Gasteiger partial charge in [-0.1, -0.05) is 32.5 Å². The van der Waals surface area contributed by atoms with Crippen LogP contribution in [0.4, 0.5) is 5.00 Å². The van der Waals surface area contributed by atoms with Crippen molar-refractivity contribution in [1.29, 1.82) is 0 Å². The van der Waals surface area contributed by atoms with Crippen molar-refractivity contribution in [2.75, 3.05) is 5.32 Å². The zero-order valence-electron chi connectivity index (χ0n) is 12.9. The van der Waals surface area contributed by atoms with E-state index in [0.29, 0.717) is 0 Å². The Hall–Kier alpha value is -0.610. The summed E-state index contributed by atoms with van der Waals surface area (Å²) in [7, 11) is 0. The largest absolute Gasteiger partial charge is 0.354 e. The summed E-state index contributed by atoms with van der Waals surface area (Å²) in [5.41, 5.74) is 2.90. The molecular weight excluding hydrogens is 296 g/mol. The van der Waals surface area contributed by atoms with Gasteiger partial charge in [0.2, 0.25) is 0 Å². The smallest absolute Gasteiger partial charge is 0.111 e. The van der Waals surface area contributed by atoms with Gasteiger partial charge in [0.15, 0.2) is 0 Å². The Bertz CT molecular complexity index is 592. The number of nitrogens with one attached hydrogen (secondary N) is 2. The topological polar surface area (TPSA) is 24.1 Å². The van der Waals surface area contributed by atoms with Crippen LogP contribution in [-0.2, 0) is 12.8 Å². The SMILES string of the molecule is CC1CCc2sc3c(c2C1)C(=S)NC1(CCCC(C)C1)N3. The van der Waals surface area contributed by atoms with Crippen LogP contribution in [0.1, 0.15) is 62.0 Å². The molecule has 0 radical (unpaired) electrons. The summed E-state index contributed by atoms with van der Waals surface area (Å²) in [5, 5.41) is 8.92. The summed E-state index contributed by atoms with van der Waals surface area (Å²) in [6, 6.07) is 0. The van der Waals surface area contributed by atoms with E-state index in [4.69, 9.17) is 12.2 Å². The lowest BCUT2D eigenvalue weighted by Crippen LogP contribution is -2.59. The second kappa shape index (κ2) is 4.95. The predicted octanol–water partition coefficient (Wildman–Crippen LogP) is 4.47. The lowest BCUT2D eigenvalue weighted by Gasteiger charge is -2.45. The fourth-order valence-electron chi connectivity index (χ4n) is 4.39. The van der Waals surface area contributed by atoms with E-state index in [-0.39, 0.29) is 5.66 Å². The number of fused-ring (bicyclic) bond motifs is 3. The van der Waals surface area contributed by atoms with E-state index < -0.39 is 0 Å². The standard InChI is InChI=1S/C17H24N2S2/c1-10-5-6-13-12(8-10)14-15(20)18-17(19-16(14)21-13)7-3-4-11(2)9-17/h10-11,19H,3-9H2,1-2H3,(H,18,20). The third kappa shape index (κ3) is 2.31. The second-order valence-electron chi connectivity index (χ2n) is 7.42. The molecule has 4 heteroatoms. The maximum absolute atomic E-state index is 5.79. The summed E-state index contributed by atoms with van der Waals surface area (Å²) in [5.74, 6) is 1.57. The minimum atomic E-state index is 0.0286. The molecule has 0 saturated heterocycles. The molecule has 3 aliphatic rings. The molecule has 0 bridgehead atoms. The highest BCUT2D eigenvalue weighted by molar-refractivity contribution is 7.80. The maximum atomic E-state index is 5.79. The Morgan fingerprint density at radius 3 is 2.86 bits per heavy atom. The molecule has 1 spiro atoms. The molecular formula is C17H24N2S2. The van der Waals surface area contributed by atoms with E-state index in [9.17, 15) is 0 Å². The van der Waals surface area contributed by atoms with Gasteiger partial charge in [0.25, 0.3) is 0 Å². The molecule has 0 aromatic carbocycles. The number of thiophene rings is 1. The molecule has 1 aliphatic heterocycles. The third-order valence-corrected chi connectivity index (χ3v) is 6.95. The van der Waals surface area contributed by atoms with E-state index in [1.807, 2.05) is 11.3 Å². The number of hydrogen-bond acceptors (Lipinski definition) is 3. The van der Waals surface area contributed by atoms with E-state index >= 15 is 0 Å². The van der Waals surface area contributed by atoms with E-state index in [0.717, 1.165) is 16.8 Å². The van der Waals surface area contributed by atoms with Crippen LogP contribution in [0, 0.1) is 11.8 Å². The molecule has 1 aromatic rings. The highest BCUT2D eigenvalue weighted by Crippen LogP contribution is 2.45. The average Bonchev–Trinajstić information content (AvgIpc) is 2.75. The van der Waals surface area contributed by atoms with Crippen molar-refractivity contribution in [3.63, 3.8) is 0 Å². The van der Waals surface area contributed by atoms with Crippen LogP contribution in [0.2, 0.25) is 0 Å². The monoisotopic (exact) mass is 320 g/mol. The molecule has 1 aromatic heterocycles. The molecule has 2 N–H and O–H groups in total. The Morgan fingerprint density at radius 1 is 1.19 bits per heavy atom. The van der Waals surface area contributed by atoms with Crippen molar-refractivity contribution in [2.45, 2.75) is 64.5 Å². The molecule has 21 heavy (non-hydrogen) atoms. The summed E-state index contributed by atoms with van der Waals surface area (Å²) in [4.78, 5) is 2.58. The van der Waals surface area contributed by atoms with Gasteiger partial charge in [-0.3, -0.25) is 0 Å². The third-order valence-electron chi connectivity index (χ3n) is 5.44. The van der Waals surface area contributed by atoms with E-state index in [2.05, 4.69) is 24.5 Å². The fraction of sp³-hybridized carbons (Fsp3) is 0.706. The minimum Gasteiger partial charge on any atom is -0.354 e. The molecule has 1 saturated carbocycles. The second-order valence-corrected chi connectivity index (χ2v) is 8.93. The van der Waals surface area contributed by atoms with Crippen molar-refractivity contribution >= 4 is 33.5 Å². The lowest BCUT2D eigenvalue weighted by atomic mass is 9.80. The van der Waals surface area contributed by atoms with Gasteiger partial charge in [-0.05, 0) is 55.9 Å². The quantitative estimate of drug-likeness (QED) is 0.690. The first-order valence-corrected chi connectivity index (χ1v) is 9.54. The van der Waals surface area contributed by atoms with Crippen LogP contribution >= 0.6 is 23.6 Å². The minimum absolute atomic E-state index is 0.0286. The number of anilines is 1. The van der Waals surface area contributed by atoms with Crippen LogP contribution in [-0.4, -0.2) is 10.7 Å². The first-order chi connectivity index (χ1) is 10.1. The van der Waals surface area contributed by atoms with Gasteiger partial charge in [-0.15, -0.1) is 11.3 Å². The predicted molar refractivity (Wildman–Crippen MR) is 94.3 cm³/mol. The summed E-state index contributed by atoms with van der Waals surface area (Å²) in [6.07, 6.45) is 8.79. The van der Waals surface area contributed by atoms with Crippen LogP contribution in [0.5, 0.6) is 0 Å². The van der Waals surface area contributed by atoms with Gasteiger partial charge in [0.1, 0.15) is 15.7 Å².